The van der Waals surface area contributed by atoms with E-state index in [-0.39, 0.29) is 0 Å². The van der Waals surface area contributed by atoms with Crippen molar-refractivity contribution in [2.45, 2.75) is 13.5 Å². The molecule has 0 saturated carbocycles. The van der Waals surface area contributed by atoms with E-state index in [1.807, 2.05) is 24.7 Å². The third kappa shape index (κ3) is 1.59. The summed E-state index contributed by atoms with van der Waals surface area (Å²) in [7, 11) is 1.90. The van der Waals surface area contributed by atoms with Crippen LogP contribution in [0.4, 0.5) is 5.82 Å². The molecule has 0 radical (unpaired) electrons. The van der Waals surface area contributed by atoms with Gasteiger partial charge in [-0.15, -0.1) is 5.10 Å². The maximum Gasteiger partial charge on any atom is 0.165 e. The molecule has 0 unspecified atom stereocenters. The van der Waals surface area contributed by atoms with Crippen molar-refractivity contribution >= 4 is 5.82 Å². The molecule has 0 spiro atoms. The summed E-state index contributed by atoms with van der Waals surface area (Å²) in [5.74, 6) is 0.434. The lowest BCUT2D eigenvalue weighted by Crippen LogP contribution is -2.08. The second kappa shape index (κ2) is 3.13. The molecular formula is C8H12N6. The van der Waals surface area contributed by atoms with Gasteiger partial charge < -0.3 is 5.73 Å². The summed E-state index contributed by atoms with van der Waals surface area (Å²) in [6, 6.07) is 2.00. The van der Waals surface area contributed by atoms with Gasteiger partial charge in [-0.2, -0.15) is 15.0 Å². The molecule has 0 fully saturated rings. The first-order chi connectivity index (χ1) is 6.65. The van der Waals surface area contributed by atoms with E-state index in [0.29, 0.717) is 12.4 Å². The number of hydrogen-bond donors (Lipinski definition) is 1. The van der Waals surface area contributed by atoms with E-state index in [1.54, 1.807) is 4.80 Å². The molecule has 0 aliphatic heterocycles. The Morgan fingerprint density at radius 2 is 2.21 bits per heavy atom. The van der Waals surface area contributed by atoms with Crippen molar-refractivity contribution in [3.8, 4) is 0 Å². The smallest absolute Gasteiger partial charge is 0.165 e. The fraction of sp³-hybridized carbons (Fsp3) is 0.375. The van der Waals surface area contributed by atoms with E-state index >= 15 is 0 Å². The molecule has 0 amide bonds. The molecule has 0 aliphatic carbocycles. The number of rotatable bonds is 2. The van der Waals surface area contributed by atoms with Gasteiger partial charge in [0.1, 0.15) is 6.54 Å². The van der Waals surface area contributed by atoms with Crippen LogP contribution in [0.15, 0.2) is 12.3 Å². The van der Waals surface area contributed by atoms with Crippen LogP contribution < -0.4 is 5.73 Å². The third-order valence-corrected chi connectivity index (χ3v) is 1.96. The maximum atomic E-state index is 5.46. The normalized spacial score (nSPS) is 10.7. The van der Waals surface area contributed by atoms with E-state index in [0.717, 1.165) is 11.4 Å². The van der Waals surface area contributed by atoms with Gasteiger partial charge in [-0.3, -0.25) is 4.68 Å². The molecule has 2 N–H and O–H groups in total. The highest BCUT2D eigenvalue weighted by molar-refractivity contribution is 5.19. The Hall–Kier alpha value is -1.85. The minimum absolute atomic E-state index is 0.434. The zero-order chi connectivity index (χ0) is 10.1. The number of anilines is 1. The van der Waals surface area contributed by atoms with Crippen LogP contribution in [0.3, 0.4) is 0 Å². The molecule has 2 rings (SSSR count). The minimum atomic E-state index is 0.434. The van der Waals surface area contributed by atoms with Gasteiger partial charge in [0, 0.05) is 7.05 Å². The molecule has 2 aromatic rings. The van der Waals surface area contributed by atoms with Crippen molar-refractivity contribution in [1.29, 1.82) is 0 Å². The third-order valence-electron chi connectivity index (χ3n) is 1.96. The lowest BCUT2D eigenvalue weighted by atomic mass is 10.4. The molecule has 0 aliphatic rings. The second-order valence-electron chi connectivity index (χ2n) is 3.20. The van der Waals surface area contributed by atoms with E-state index in [2.05, 4.69) is 15.3 Å². The average Bonchev–Trinajstić information content (AvgIpc) is 2.61. The first kappa shape index (κ1) is 8.74. The minimum Gasteiger partial charge on any atom is -0.381 e. The van der Waals surface area contributed by atoms with E-state index in [9.17, 15) is 0 Å². The van der Waals surface area contributed by atoms with Gasteiger partial charge in [0.25, 0.3) is 0 Å². The molecule has 0 saturated heterocycles. The van der Waals surface area contributed by atoms with Crippen LogP contribution in [0.2, 0.25) is 0 Å². The summed E-state index contributed by atoms with van der Waals surface area (Å²) in [5.41, 5.74) is 7.50. The van der Waals surface area contributed by atoms with Crippen molar-refractivity contribution in [2.75, 3.05) is 5.73 Å². The maximum absolute atomic E-state index is 5.46. The van der Waals surface area contributed by atoms with Gasteiger partial charge in [-0.1, -0.05) is 0 Å². The van der Waals surface area contributed by atoms with Gasteiger partial charge in [-0.25, -0.2) is 0 Å². The van der Waals surface area contributed by atoms with Gasteiger partial charge in [0.2, 0.25) is 0 Å². The van der Waals surface area contributed by atoms with Gasteiger partial charge >= 0.3 is 0 Å². The van der Waals surface area contributed by atoms with Crippen LogP contribution in [0, 0.1) is 6.92 Å². The number of aromatic nitrogens is 5. The van der Waals surface area contributed by atoms with Gasteiger partial charge in [0.05, 0.1) is 17.6 Å². The molecule has 74 valence electrons. The van der Waals surface area contributed by atoms with Crippen molar-refractivity contribution in [1.82, 2.24) is 24.8 Å². The number of nitrogens with zero attached hydrogens (tertiary/aromatic N) is 5. The lowest BCUT2D eigenvalue weighted by molar-refractivity contribution is 0.557. The summed E-state index contributed by atoms with van der Waals surface area (Å²) in [6.45, 7) is 2.54. The summed E-state index contributed by atoms with van der Waals surface area (Å²) < 4.78 is 1.81. The van der Waals surface area contributed by atoms with Crippen molar-refractivity contribution in [2.24, 2.45) is 7.05 Å². The van der Waals surface area contributed by atoms with E-state index < -0.39 is 0 Å². The quantitative estimate of drug-likeness (QED) is 0.724. The van der Waals surface area contributed by atoms with Gasteiger partial charge in [-0.05, 0) is 13.0 Å². The zero-order valence-electron chi connectivity index (χ0n) is 8.18. The Kier molecular flexibility index (Phi) is 1.95. The predicted molar refractivity (Wildman–Crippen MR) is 51.5 cm³/mol. The molecule has 0 bridgehead atoms. The summed E-state index contributed by atoms with van der Waals surface area (Å²) in [5, 5.41) is 12.2. The van der Waals surface area contributed by atoms with Crippen LogP contribution in [-0.4, -0.2) is 24.8 Å². The van der Waals surface area contributed by atoms with Crippen molar-refractivity contribution in [3.05, 3.63) is 23.7 Å². The van der Waals surface area contributed by atoms with E-state index in [4.69, 9.17) is 5.73 Å². The molecular weight excluding hydrogens is 180 g/mol. The summed E-state index contributed by atoms with van der Waals surface area (Å²) in [4.78, 5) is 1.55. The first-order valence-corrected chi connectivity index (χ1v) is 4.30. The van der Waals surface area contributed by atoms with E-state index in [1.165, 1.54) is 6.20 Å². The first-order valence-electron chi connectivity index (χ1n) is 4.30. The Bertz CT molecular complexity index is 440. The SMILES string of the molecule is Cc1cc(Cn2ncc(N)n2)n(C)n1. The largest absolute Gasteiger partial charge is 0.381 e. The van der Waals surface area contributed by atoms with Crippen molar-refractivity contribution in [3.63, 3.8) is 0 Å². The number of hydrogen-bond acceptors (Lipinski definition) is 4. The molecule has 2 heterocycles. The monoisotopic (exact) mass is 192 g/mol. The van der Waals surface area contributed by atoms with Crippen LogP contribution >= 0.6 is 0 Å². The van der Waals surface area contributed by atoms with Crippen LogP contribution in [0.1, 0.15) is 11.4 Å². The highest BCUT2D eigenvalue weighted by Gasteiger charge is 2.04. The molecule has 6 heteroatoms. The fourth-order valence-corrected chi connectivity index (χ4v) is 1.34. The number of aryl methyl sites for hydroxylation is 2. The van der Waals surface area contributed by atoms with Gasteiger partial charge in [0.15, 0.2) is 5.82 Å². The van der Waals surface area contributed by atoms with Crippen LogP contribution in [0.5, 0.6) is 0 Å². The van der Waals surface area contributed by atoms with Crippen molar-refractivity contribution < 1.29 is 0 Å². The molecule has 2 aromatic heterocycles. The Morgan fingerprint density at radius 1 is 1.43 bits per heavy atom. The summed E-state index contributed by atoms with van der Waals surface area (Å²) in [6.07, 6.45) is 1.53. The Balaban J connectivity index is 2.22. The van der Waals surface area contributed by atoms with Crippen LogP contribution in [-0.2, 0) is 13.6 Å². The zero-order valence-corrected chi connectivity index (χ0v) is 8.18. The average molecular weight is 192 g/mol. The highest BCUT2D eigenvalue weighted by atomic mass is 15.5. The number of nitrogens with two attached hydrogens (primary N) is 1. The lowest BCUT2D eigenvalue weighted by Gasteiger charge is -1.99. The molecule has 6 nitrogen and oxygen atoms in total. The Labute approximate surface area is 81.3 Å². The molecule has 0 atom stereocenters. The highest BCUT2D eigenvalue weighted by Crippen LogP contribution is 2.03. The predicted octanol–water partition coefficient (Wildman–Crippen LogP) is -0.0495. The second-order valence-corrected chi connectivity index (χ2v) is 3.20. The fourth-order valence-electron chi connectivity index (χ4n) is 1.34. The Morgan fingerprint density at radius 3 is 2.71 bits per heavy atom. The standard InChI is InChI=1S/C8H12N6/c1-6-3-7(13(2)11-6)5-14-10-4-8(9)12-14/h3-4H,5H2,1-2H3,(H2,9,12). The van der Waals surface area contributed by atoms with Crippen LogP contribution in [0.25, 0.3) is 0 Å². The topological polar surface area (TPSA) is 74.6 Å². The summed E-state index contributed by atoms with van der Waals surface area (Å²) >= 11 is 0. The molecule has 0 aromatic carbocycles. The number of nitrogen functional groups attached to an aromatic ring is 1. The molecule has 14 heavy (non-hydrogen) atoms.